The van der Waals surface area contributed by atoms with E-state index in [1.807, 2.05) is 26.0 Å². The van der Waals surface area contributed by atoms with Crippen molar-refractivity contribution in [3.63, 3.8) is 0 Å². The van der Waals surface area contributed by atoms with Gasteiger partial charge in [-0.15, -0.1) is 0 Å². The Bertz CT molecular complexity index is 1140. The van der Waals surface area contributed by atoms with Crippen LogP contribution in [0.4, 0.5) is 5.69 Å². The number of nitrogens with zero attached hydrogens (tertiary/aromatic N) is 2. The number of hydrogen-bond acceptors (Lipinski definition) is 5. The monoisotopic (exact) mass is 451 g/mol. The molecule has 2 atom stereocenters. The van der Waals surface area contributed by atoms with E-state index in [0.717, 1.165) is 11.8 Å². The van der Waals surface area contributed by atoms with E-state index in [4.69, 9.17) is 0 Å². The first-order chi connectivity index (χ1) is 14.1. The van der Waals surface area contributed by atoms with Crippen LogP contribution < -0.4 is 4.72 Å². The number of sulfonamides is 2. The van der Waals surface area contributed by atoms with Gasteiger partial charge in [-0.3, -0.25) is 9.71 Å². The van der Waals surface area contributed by atoms with E-state index in [9.17, 15) is 16.8 Å². The zero-order chi connectivity index (χ0) is 22.0. The number of nitrogens with one attached hydrogen (secondary N) is 1. The molecular formula is C21H29N3O4S2. The molecule has 0 amide bonds. The van der Waals surface area contributed by atoms with E-state index < -0.39 is 30.0 Å². The number of aromatic nitrogens is 1. The number of hydrogen-bond donors (Lipinski definition) is 1. The number of fused-ring (bicyclic) bond motifs is 1. The molecular weight excluding hydrogens is 422 g/mol. The van der Waals surface area contributed by atoms with Crippen molar-refractivity contribution in [3.8, 4) is 0 Å². The van der Waals surface area contributed by atoms with E-state index in [2.05, 4.69) is 9.71 Å². The first kappa shape index (κ1) is 22.7. The first-order valence-corrected chi connectivity index (χ1v) is 13.2. The van der Waals surface area contributed by atoms with Crippen molar-refractivity contribution in [3.05, 3.63) is 48.7 Å². The SMILES string of the molecule is CCCN(CC)S(=O)(=O)C1C=CC(C)(S(=O)(=O)Nc2cccc3cccnc23)CC1. The predicted octanol–water partition coefficient (Wildman–Crippen LogP) is 3.52. The molecule has 0 saturated heterocycles. The summed E-state index contributed by atoms with van der Waals surface area (Å²) in [6.07, 6.45) is 5.89. The Morgan fingerprint density at radius 1 is 1.17 bits per heavy atom. The van der Waals surface area contributed by atoms with E-state index in [-0.39, 0.29) is 12.8 Å². The number of rotatable bonds is 8. The van der Waals surface area contributed by atoms with Gasteiger partial charge in [0.1, 0.15) is 4.75 Å². The highest BCUT2D eigenvalue weighted by Crippen LogP contribution is 2.35. The lowest BCUT2D eigenvalue weighted by Crippen LogP contribution is -2.45. The number of para-hydroxylation sites is 1. The minimum atomic E-state index is -3.82. The minimum Gasteiger partial charge on any atom is -0.281 e. The second-order valence-electron chi connectivity index (χ2n) is 7.77. The first-order valence-electron chi connectivity index (χ1n) is 10.2. The van der Waals surface area contributed by atoms with Gasteiger partial charge in [0.2, 0.25) is 20.0 Å². The summed E-state index contributed by atoms with van der Waals surface area (Å²) in [7, 11) is -7.32. The topological polar surface area (TPSA) is 96.4 Å². The summed E-state index contributed by atoms with van der Waals surface area (Å²) in [6.45, 7) is 6.25. The van der Waals surface area contributed by atoms with Crippen molar-refractivity contribution in [2.24, 2.45) is 0 Å². The van der Waals surface area contributed by atoms with Crippen LogP contribution in [0.2, 0.25) is 0 Å². The molecule has 1 aromatic heterocycles. The molecule has 164 valence electrons. The molecule has 7 nitrogen and oxygen atoms in total. The molecule has 0 spiro atoms. The van der Waals surface area contributed by atoms with Crippen molar-refractivity contribution in [2.75, 3.05) is 17.8 Å². The van der Waals surface area contributed by atoms with Gasteiger partial charge < -0.3 is 0 Å². The molecule has 1 heterocycles. The van der Waals surface area contributed by atoms with E-state index >= 15 is 0 Å². The largest absolute Gasteiger partial charge is 0.281 e. The molecule has 1 aromatic carbocycles. The summed E-state index contributed by atoms with van der Waals surface area (Å²) < 4.78 is 55.2. The van der Waals surface area contributed by atoms with Crippen LogP contribution in [0, 0.1) is 0 Å². The molecule has 0 aliphatic heterocycles. The molecule has 9 heteroatoms. The van der Waals surface area contributed by atoms with Crippen molar-refractivity contribution in [1.82, 2.24) is 9.29 Å². The van der Waals surface area contributed by atoms with Crippen LogP contribution in [0.5, 0.6) is 0 Å². The molecule has 1 N–H and O–H groups in total. The van der Waals surface area contributed by atoms with Crippen molar-refractivity contribution in [2.45, 2.75) is 50.0 Å². The molecule has 2 aromatic rings. The van der Waals surface area contributed by atoms with Gasteiger partial charge in [-0.25, -0.2) is 21.1 Å². The maximum absolute atomic E-state index is 13.2. The Morgan fingerprint density at radius 2 is 1.90 bits per heavy atom. The third-order valence-corrected chi connectivity index (χ3v) is 10.0. The standard InChI is InChI=1S/C21H29N3O4S2/c1-4-16-24(5-2)29(25,26)18-11-13-21(3,14-12-18)30(27,28)23-19-10-6-8-17-9-7-15-22-20(17)19/h6-11,13,15,18,23H,4-5,12,14,16H2,1-3H3. The molecule has 3 rings (SSSR count). The van der Waals surface area contributed by atoms with Crippen molar-refractivity contribution >= 4 is 36.6 Å². The van der Waals surface area contributed by atoms with Crippen LogP contribution in [0.25, 0.3) is 10.9 Å². The third kappa shape index (κ3) is 4.24. The van der Waals surface area contributed by atoms with E-state index in [1.165, 1.54) is 16.5 Å². The van der Waals surface area contributed by atoms with Gasteiger partial charge in [0.15, 0.2) is 0 Å². The molecule has 0 radical (unpaired) electrons. The fourth-order valence-electron chi connectivity index (χ4n) is 3.75. The smallest absolute Gasteiger partial charge is 0.241 e. The van der Waals surface area contributed by atoms with Crippen molar-refractivity contribution < 1.29 is 16.8 Å². The summed E-state index contributed by atoms with van der Waals surface area (Å²) in [6, 6.07) is 8.99. The van der Waals surface area contributed by atoms with Gasteiger partial charge in [0.25, 0.3) is 0 Å². The molecule has 0 saturated carbocycles. The zero-order valence-electron chi connectivity index (χ0n) is 17.6. The second-order valence-corrected chi connectivity index (χ2v) is 12.1. The number of pyridine rings is 1. The molecule has 1 aliphatic carbocycles. The normalized spacial score (nSPS) is 22.5. The Balaban J connectivity index is 1.86. The van der Waals surface area contributed by atoms with Gasteiger partial charge in [0.05, 0.1) is 16.5 Å². The Morgan fingerprint density at radius 3 is 2.53 bits per heavy atom. The highest BCUT2D eigenvalue weighted by molar-refractivity contribution is 7.94. The summed E-state index contributed by atoms with van der Waals surface area (Å²) in [5.41, 5.74) is 0.989. The van der Waals surface area contributed by atoms with Crippen LogP contribution in [-0.2, 0) is 20.0 Å². The predicted molar refractivity (Wildman–Crippen MR) is 121 cm³/mol. The summed E-state index contributed by atoms with van der Waals surface area (Å²) in [4.78, 5) is 4.29. The molecule has 1 aliphatic rings. The van der Waals surface area contributed by atoms with Gasteiger partial charge in [-0.1, -0.05) is 44.2 Å². The summed E-state index contributed by atoms with van der Waals surface area (Å²) in [5, 5.41) is 0.135. The number of anilines is 1. The molecule has 2 unspecified atom stereocenters. The molecule has 30 heavy (non-hydrogen) atoms. The van der Waals surface area contributed by atoms with Gasteiger partial charge in [0, 0.05) is 24.7 Å². The molecule has 0 fully saturated rings. The van der Waals surface area contributed by atoms with Crippen LogP contribution in [0.3, 0.4) is 0 Å². The summed E-state index contributed by atoms with van der Waals surface area (Å²) >= 11 is 0. The van der Waals surface area contributed by atoms with Crippen molar-refractivity contribution in [1.29, 1.82) is 0 Å². The average molecular weight is 452 g/mol. The maximum atomic E-state index is 13.2. The van der Waals surface area contributed by atoms with Gasteiger partial charge >= 0.3 is 0 Å². The lowest BCUT2D eigenvalue weighted by Gasteiger charge is -2.33. The van der Waals surface area contributed by atoms with E-state index in [1.54, 1.807) is 31.3 Å². The van der Waals surface area contributed by atoms with Gasteiger partial charge in [-0.2, -0.15) is 0 Å². The fourth-order valence-corrected chi connectivity index (χ4v) is 6.95. The maximum Gasteiger partial charge on any atom is 0.241 e. The zero-order valence-corrected chi connectivity index (χ0v) is 19.2. The van der Waals surface area contributed by atoms with Crippen LogP contribution in [0.1, 0.15) is 40.0 Å². The van der Waals surface area contributed by atoms with Crippen LogP contribution in [-0.4, -0.2) is 49.2 Å². The highest BCUT2D eigenvalue weighted by Gasteiger charge is 2.42. The Kier molecular flexibility index (Phi) is 6.54. The Labute approximate surface area is 179 Å². The van der Waals surface area contributed by atoms with Crippen LogP contribution in [0.15, 0.2) is 48.7 Å². The minimum absolute atomic E-state index is 0.213. The van der Waals surface area contributed by atoms with E-state index in [0.29, 0.717) is 24.3 Å². The average Bonchev–Trinajstić information content (AvgIpc) is 2.72. The summed E-state index contributed by atoms with van der Waals surface area (Å²) in [5.74, 6) is 0. The quantitative estimate of drug-likeness (QED) is 0.620. The third-order valence-electron chi connectivity index (χ3n) is 5.65. The molecule has 0 bridgehead atoms. The van der Waals surface area contributed by atoms with Crippen LogP contribution >= 0.6 is 0 Å². The van der Waals surface area contributed by atoms with Gasteiger partial charge in [-0.05, 0) is 38.3 Å². The highest BCUT2D eigenvalue weighted by atomic mass is 32.2. The lowest BCUT2D eigenvalue weighted by molar-refractivity contribution is 0.416. The second kappa shape index (κ2) is 8.64. The number of benzene rings is 1. The Hall–Kier alpha value is -1.97. The lowest BCUT2D eigenvalue weighted by atomic mass is 9.96. The fraction of sp³-hybridized carbons (Fsp3) is 0.476.